The zero-order chi connectivity index (χ0) is 21.4. The molecular weight excluding hydrogens is 366 g/mol. The summed E-state index contributed by atoms with van der Waals surface area (Å²) in [6, 6.07) is 2.85. The minimum absolute atomic E-state index is 0.0409. The molecule has 0 aromatic heterocycles. The molecule has 7 N–H and O–H groups in total. The summed E-state index contributed by atoms with van der Waals surface area (Å²) < 4.78 is 0. The minimum Gasteiger partial charge on any atom is -0.508 e. The van der Waals surface area contributed by atoms with Gasteiger partial charge >= 0.3 is 5.97 Å². The first-order valence-electron chi connectivity index (χ1n) is 9.06. The van der Waals surface area contributed by atoms with E-state index in [9.17, 15) is 24.6 Å². The fourth-order valence-electron chi connectivity index (χ4n) is 2.60. The number of carboxylic acids is 1. The molecule has 0 radical (unpaired) electrons. The minimum atomic E-state index is -1.48. The number of carbonyl (C=O) groups excluding carboxylic acids is 2. The van der Waals surface area contributed by atoms with Crippen LogP contribution in [0.3, 0.4) is 0 Å². The van der Waals surface area contributed by atoms with Gasteiger partial charge in [-0.3, -0.25) is 9.59 Å². The monoisotopic (exact) mass is 395 g/mol. The number of carbonyl (C=O) groups is 3. The lowest BCUT2D eigenvalue weighted by Crippen LogP contribution is -2.57. The van der Waals surface area contributed by atoms with Crippen LogP contribution in [-0.2, 0) is 20.8 Å². The van der Waals surface area contributed by atoms with E-state index in [-0.39, 0.29) is 24.5 Å². The van der Waals surface area contributed by atoms with Gasteiger partial charge in [-0.05, 0) is 43.4 Å². The molecule has 156 valence electrons. The highest BCUT2D eigenvalue weighted by molar-refractivity contribution is 5.92. The van der Waals surface area contributed by atoms with Crippen molar-refractivity contribution < 1.29 is 29.7 Å². The van der Waals surface area contributed by atoms with Crippen molar-refractivity contribution in [2.45, 2.75) is 57.8 Å². The Morgan fingerprint density at radius 3 is 2.07 bits per heavy atom. The number of nitrogens with two attached hydrogens (primary N) is 1. The lowest BCUT2D eigenvalue weighted by Gasteiger charge is -2.25. The summed E-state index contributed by atoms with van der Waals surface area (Å²) in [5.41, 5.74) is 6.66. The summed E-state index contributed by atoms with van der Waals surface area (Å²) in [6.07, 6.45) is -0.822. The molecule has 9 nitrogen and oxygen atoms in total. The van der Waals surface area contributed by atoms with E-state index in [1.807, 2.05) is 13.8 Å². The number of aliphatic hydroxyl groups is 1. The van der Waals surface area contributed by atoms with Gasteiger partial charge in [0.2, 0.25) is 11.8 Å². The number of nitrogens with one attached hydrogen (secondary N) is 2. The quantitative estimate of drug-likeness (QED) is 0.318. The van der Waals surface area contributed by atoms with Crippen molar-refractivity contribution in [3.8, 4) is 5.75 Å². The smallest absolute Gasteiger partial charge is 0.328 e. The fourth-order valence-corrected chi connectivity index (χ4v) is 2.60. The number of amides is 2. The molecule has 0 aliphatic carbocycles. The van der Waals surface area contributed by atoms with Crippen LogP contribution >= 0.6 is 0 Å². The second-order valence-corrected chi connectivity index (χ2v) is 7.23. The summed E-state index contributed by atoms with van der Waals surface area (Å²) in [6.45, 7) is 4.96. The normalized spacial score (nSPS) is 15.4. The van der Waals surface area contributed by atoms with Gasteiger partial charge in [0, 0.05) is 0 Å². The first-order chi connectivity index (χ1) is 13.0. The van der Waals surface area contributed by atoms with Crippen molar-refractivity contribution >= 4 is 17.8 Å². The van der Waals surface area contributed by atoms with Crippen molar-refractivity contribution in [3.05, 3.63) is 29.8 Å². The molecule has 1 aromatic carbocycles. The molecule has 0 bridgehead atoms. The third-order valence-electron chi connectivity index (χ3n) is 4.12. The Bertz CT molecular complexity index is 675. The van der Waals surface area contributed by atoms with Crippen LogP contribution in [0.1, 0.15) is 32.8 Å². The molecule has 28 heavy (non-hydrogen) atoms. The Morgan fingerprint density at radius 2 is 1.61 bits per heavy atom. The molecule has 0 fully saturated rings. The van der Waals surface area contributed by atoms with Crippen molar-refractivity contribution in [2.24, 2.45) is 11.7 Å². The van der Waals surface area contributed by atoms with Gasteiger partial charge in [0.05, 0.1) is 12.1 Å². The Labute approximate surface area is 163 Å². The summed E-state index contributed by atoms with van der Waals surface area (Å²) in [7, 11) is 0. The summed E-state index contributed by atoms with van der Waals surface area (Å²) >= 11 is 0. The molecular formula is C19H29N3O6. The van der Waals surface area contributed by atoms with E-state index in [2.05, 4.69) is 10.6 Å². The van der Waals surface area contributed by atoms with Gasteiger partial charge in [-0.2, -0.15) is 0 Å². The molecule has 0 saturated carbocycles. The maximum atomic E-state index is 12.5. The van der Waals surface area contributed by atoms with Gasteiger partial charge in [-0.15, -0.1) is 0 Å². The van der Waals surface area contributed by atoms with E-state index < -0.39 is 42.0 Å². The van der Waals surface area contributed by atoms with Gasteiger partial charge < -0.3 is 31.7 Å². The second kappa shape index (κ2) is 10.6. The van der Waals surface area contributed by atoms with E-state index >= 15 is 0 Å². The number of phenolic OH excluding ortho intramolecular Hbond substituents is 1. The standard InChI is InChI=1S/C19H29N3O6/c1-10(2)8-15(18(26)22-16(11(3)23)19(27)28)21-17(25)14(20)9-12-4-6-13(24)7-5-12/h4-7,10-11,14-16,23-24H,8-9,20H2,1-3H3,(H,21,25)(H,22,26)(H,27,28). The Morgan fingerprint density at radius 1 is 1.04 bits per heavy atom. The third-order valence-corrected chi connectivity index (χ3v) is 4.12. The SMILES string of the molecule is CC(C)CC(NC(=O)C(N)Cc1ccc(O)cc1)C(=O)NC(C(=O)O)C(C)O. The number of hydrogen-bond acceptors (Lipinski definition) is 6. The molecule has 0 aliphatic rings. The number of aliphatic hydroxyl groups excluding tert-OH is 1. The highest BCUT2D eigenvalue weighted by Gasteiger charge is 2.30. The van der Waals surface area contributed by atoms with Crippen LogP contribution in [-0.4, -0.2) is 57.3 Å². The van der Waals surface area contributed by atoms with Crippen LogP contribution < -0.4 is 16.4 Å². The van der Waals surface area contributed by atoms with Crippen molar-refractivity contribution in [1.82, 2.24) is 10.6 Å². The van der Waals surface area contributed by atoms with Crippen LogP contribution in [0.2, 0.25) is 0 Å². The zero-order valence-corrected chi connectivity index (χ0v) is 16.3. The molecule has 0 spiro atoms. The van der Waals surface area contributed by atoms with Gasteiger partial charge in [0.15, 0.2) is 6.04 Å². The van der Waals surface area contributed by atoms with Gasteiger partial charge in [-0.1, -0.05) is 26.0 Å². The lowest BCUT2D eigenvalue weighted by atomic mass is 10.0. The lowest BCUT2D eigenvalue weighted by molar-refractivity contribution is -0.145. The number of aromatic hydroxyl groups is 1. The molecule has 1 aromatic rings. The fraction of sp³-hybridized carbons (Fsp3) is 0.526. The third kappa shape index (κ3) is 7.53. The van der Waals surface area contributed by atoms with Crippen LogP contribution in [0.25, 0.3) is 0 Å². The van der Waals surface area contributed by atoms with Crippen molar-refractivity contribution in [3.63, 3.8) is 0 Å². The molecule has 1 rings (SSSR count). The summed E-state index contributed by atoms with van der Waals surface area (Å²) in [4.78, 5) is 36.1. The Hall–Kier alpha value is -2.65. The van der Waals surface area contributed by atoms with Crippen LogP contribution in [0.5, 0.6) is 5.75 Å². The Balaban J connectivity index is 2.80. The average molecular weight is 395 g/mol. The van der Waals surface area contributed by atoms with E-state index in [1.165, 1.54) is 19.1 Å². The summed E-state index contributed by atoms with van der Waals surface area (Å²) in [5, 5.41) is 32.8. The number of phenols is 1. The van der Waals surface area contributed by atoms with Gasteiger partial charge in [0.1, 0.15) is 11.8 Å². The Kier molecular flexibility index (Phi) is 8.87. The van der Waals surface area contributed by atoms with Gasteiger partial charge in [-0.25, -0.2) is 4.79 Å². The topological polar surface area (TPSA) is 162 Å². The van der Waals surface area contributed by atoms with Crippen LogP contribution in [0.4, 0.5) is 0 Å². The zero-order valence-electron chi connectivity index (χ0n) is 16.3. The predicted octanol–water partition coefficient (Wildman–Crippen LogP) is -0.257. The summed E-state index contributed by atoms with van der Waals surface area (Å²) in [5.74, 6) is -2.49. The number of hydrogen-bond donors (Lipinski definition) is 6. The first-order valence-corrected chi connectivity index (χ1v) is 9.06. The van der Waals surface area contributed by atoms with Crippen LogP contribution in [0.15, 0.2) is 24.3 Å². The number of rotatable bonds is 10. The molecule has 9 heteroatoms. The molecule has 2 amide bonds. The number of aliphatic carboxylic acids is 1. The highest BCUT2D eigenvalue weighted by atomic mass is 16.4. The predicted molar refractivity (Wildman–Crippen MR) is 102 cm³/mol. The molecule has 4 unspecified atom stereocenters. The first kappa shape index (κ1) is 23.4. The van der Waals surface area contributed by atoms with Crippen molar-refractivity contribution in [1.29, 1.82) is 0 Å². The maximum absolute atomic E-state index is 12.5. The van der Waals surface area contributed by atoms with E-state index in [0.29, 0.717) is 0 Å². The van der Waals surface area contributed by atoms with E-state index in [4.69, 9.17) is 10.8 Å². The molecule has 0 aliphatic heterocycles. The van der Waals surface area contributed by atoms with E-state index in [1.54, 1.807) is 12.1 Å². The molecule has 0 saturated heterocycles. The average Bonchev–Trinajstić information content (AvgIpc) is 2.59. The molecule has 0 heterocycles. The largest absolute Gasteiger partial charge is 0.508 e. The maximum Gasteiger partial charge on any atom is 0.328 e. The number of benzene rings is 1. The molecule has 4 atom stereocenters. The van der Waals surface area contributed by atoms with Crippen LogP contribution in [0, 0.1) is 5.92 Å². The second-order valence-electron chi connectivity index (χ2n) is 7.23. The number of carboxylic acid groups (broad SMARTS) is 1. The highest BCUT2D eigenvalue weighted by Crippen LogP contribution is 2.11. The van der Waals surface area contributed by atoms with Crippen molar-refractivity contribution in [2.75, 3.05) is 0 Å². The van der Waals surface area contributed by atoms with E-state index in [0.717, 1.165) is 5.56 Å². The van der Waals surface area contributed by atoms with Gasteiger partial charge in [0.25, 0.3) is 0 Å².